The van der Waals surface area contributed by atoms with Crippen molar-refractivity contribution in [2.45, 2.75) is 84.4 Å². The summed E-state index contributed by atoms with van der Waals surface area (Å²) < 4.78 is 13.8. The van der Waals surface area contributed by atoms with E-state index in [1.165, 1.54) is 22.0 Å². The monoisotopic (exact) mass is 520 g/mol. The fourth-order valence-electron chi connectivity index (χ4n) is 5.76. The number of likely N-dealkylation sites (tertiary alicyclic amines) is 1. The summed E-state index contributed by atoms with van der Waals surface area (Å²) in [6, 6.07) is 7.64. The van der Waals surface area contributed by atoms with E-state index in [0.717, 1.165) is 38.8 Å². The summed E-state index contributed by atoms with van der Waals surface area (Å²) in [5.74, 6) is 0.236. The van der Waals surface area contributed by atoms with Crippen LogP contribution in [0.4, 0.5) is 0 Å². The van der Waals surface area contributed by atoms with Crippen molar-refractivity contribution in [1.29, 1.82) is 0 Å². The summed E-state index contributed by atoms with van der Waals surface area (Å²) in [6.07, 6.45) is 6.33. The summed E-state index contributed by atoms with van der Waals surface area (Å²) in [7, 11) is 0. The van der Waals surface area contributed by atoms with E-state index in [1.807, 2.05) is 6.92 Å². The molecule has 1 saturated heterocycles. The normalized spacial score (nSPS) is 23.3. The van der Waals surface area contributed by atoms with Gasteiger partial charge in [-0.1, -0.05) is 26.0 Å². The molecule has 1 fully saturated rings. The number of halogens is 1. The van der Waals surface area contributed by atoms with Crippen molar-refractivity contribution in [3.8, 4) is 0 Å². The van der Waals surface area contributed by atoms with Crippen LogP contribution in [0.1, 0.15) is 77.0 Å². The summed E-state index contributed by atoms with van der Waals surface area (Å²) in [5.41, 5.74) is 4.22. The Bertz CT molecular complexity index is 941. The molecule has 0 amide bonds. The molecule has 4 rings (SSSR count). The molecule has 0 N–H and O–H groups in total. The number of ether oxygens (including phenoxy) is 2. The Hall–Kier alpha value is -1.37. The van der Waals surface area contributed by atoms with E-state index in [2.05, 4.69) is 61.6 Å². The van der Waals surface area contributed by atoms with E-state index in [-0.39, 0.29) is 35.0 Å². The van der Waals surface area contributed by atoms with Crippen LogP contribution in [0.5, 0.6) is 0 Å². The van der Waals surface area contributed by atoms with Crippen LogP contribution >= 0.6 is 17.0 Å². The maximum absolute atomic E-state index is 13.1. The number of fused-ring (bicyclic) bond motifs is 2. The van der Waals surface area contributed by atoms with Gasteiger partial charge in [0, 0.05) is 48.3 Å². The number of aromatic nitrogens is 1. The predicted octanol–water partition coefficient (Wildman–Crippen LogP) is 5.90. The highest BCUT2D eigenvalue weighted by Crippen LogP contribution is 2.46. The second kappa shape index (κ2) is 11.4. The molecular weight excluding hydrogens is 480 g/mol. The van der Waals surface area contributed by atoms with Gasteiger partial charge in [-0.25, -0.2) is 0 Å². The molecule has 5 nitrogen and oxygen atoms in total. The van der Waals surface area contributed by atoms with Gasteiger partial charge in [0.2, 0.25) is 0 Å². The zero-order valence-electron chi connectivity index (χ0n) is 20.9. The summed E-state index contributed by atoms with van der Waals surface area (Å²) in [4.78, 5) is 15.6. The SMILES string of the molecule is Br.CCCOC(C)COC(=O)[C@@H]1CC2c3cccc4c3c(cn4C(C)C)C[C@H]2N(CCC)C1. The number of rotatable bonds is 9. The molecule has 2 heterocycles. The Balaban J connectivity index is 0.00000306. The van der Waals surface area contributed by atoms with Crippen LogP contribution in [-0.2, 0) is 20.7 Å². The lowest BCUT2D eigenvalue weighted by molar-refractivity contribution is -0.155. The van der Waals surface area contributed by atoms with Crippen molar-refractivity contribution >= 4 is 33.9 Å². The third-order valence-corrected chi connectivity index (χ3v) is 7.19. The molecule has 184 valence electrons. The Morgan fingerprint density at radius 2 is 1.97 bits per heavy atom. The number of benzene rings is 1. The van der Waals surface area contributed by atoms with Gasteiger partial charge in [-0.3, -0.25) is 9.69 Å². The first-order valence-electron chi connectivity index (χ1n) is 12.6. The maximum atomic E-state index is 13.1. The summed E-state index contributed by atoms with van der Waals surface area (Å²) >= 11 is 0. The van der Waals surface area contributed by atoms with E-state index < -0.39 is 0 Å². The minimum absolute atomic E-state index is 0. The molecule has 1 aliphatic heterocycles. The van der Waals surface area contributed by atoms with Crippen LogP contribution in [0.3, 0.4) is 0 Å². The van der Waals surface area contributed by atoms with Gasteiger partial charge in [-0.05, 0) is 70.2 Å². The van der Waals surface area contributed by atoms with E-state index in [9.17, 15) is 4.79 Å². The number of nitrogens with zero attached hydrogens (tertiary/aromatic N) is 2. The minimum Gasteiger partial charge on any atom is -0.463 e. The van der Waals surface area contributed by atoms with Crippen LogP contribution in [-0.4, -0.2) is 53.9 Å². The van der Waals surface area contributed by atoms with Crippen LogP contribution in [0.25, 0.3) is 10.9 Å². The van der Waals surface area contributed by atoms with Gasteiger partial charge in [-0.15, -0.1) is 17.0 Å². The average molecular weight is 522 g/mol. The molecule has 0 spiro atoms. The Kier molecular flexibility index (Phi) is 9.04. The van der Waals surface area contributed by atoms with Crippen LogP contribution in [0.15, 0.2) is 24.4 Å². The Labute approximate surface area is 209 Å². The van der Waals surface area contributed by atoms with Crippen LogP contribution in [0, 0.1) is 5.92 Å². The van der Waals surface area contributed by atoms with Crippen LogP contribution in [0.2, 0.25) is 0 Å². The van der Waals surface area contributed by atoms with Crippen LogP contribution < -0.4 is 0 Å². The molecule has 33 heavy (non-hydrogen) atoms. The van der Waals surface area contributed by atoms with Crippen molar-refractivity contribution in [3.63, 3.8) is 0 Å². The molecule has 0 saturated carbocycles. The Morgan fingerprint density at radius 3 is 2.67 bits per heavy atom. The molecule has 2 aliphatic rings. The van der Waals surface area contributed by atoms with Gasteiger partial charge < -0.3 is 14.0 Å². The quantitative estimate of drug-likeness (QED) is 0.386. The highest BCUT2D eigenvalue weighted by atomic mass is 79.9. The summed E-state index contributed by atoms with van der Waals surface area (Å²) in [5, 5.41) is 1.43. The van der Waals surface area contributed by atoms with Crippen molar-refractivity contribution in [2.24, 2.45) is 5.92 Å². The molecule has 1 aliphatic carbocycles. The van der Waals surface area contributed by atoms with Gasteiger partial charge >= 0.3 is 5.97 Å². The molecule has 0 bridgehead atoms. The van der Waals surface area contributed by atoms with Gasteiger partial charge in [-0.2, -0.15) is 0 Å². The lowest BCUT2D eigenvalue weighted by Crippen LogP contribution is -2.52. The Morgan fingerprint density at radius 1 is 1.18 bits per heavy atom. The molecule has 1 aromatic carbocycles. The number of carbonyl (C=O) groups is 1. The molecule has 2 aromatic rings. The van der Waals surface area contributed by atoms with Crippen molar-refractivity contribution in [1.82, 2.24) is 9.47 Å². The number of hydrogen-bond acceptors (Lipinski definition) is 4. The first-order valence-corrected chi connectivity index (χ1v) is 12.6. The lowest BCUT2D eigenvalue weighted by Gasteiger charge is -2.46. The molecule has 4 atom stereocenters. The van der Waals surface area contributed by atoms with Crippen molar-refractivity contribution in [3.05, 3.63) is 35.5 Å². The highest BCUT2D eigenvalue weighted by Gasteiger charge is 2.43. The molecule has 2 unspecified atom stereocenters. The lowest BCUT2D eigenvalue weighted by atomic mass is 9.72. The van der Waals surface area contributed by atoms with E-state index >= 15 is 0 Å². The molecule has 0 radical (unpaired) electrons. The zero-order chi connectivity index (χ0) is 22.8. The van der Waals surface area contributed by atoms with Gasteiger partial charge in [0.25, 0.3) is 0 Å². The third kappa shape index (κ3) is 5.33. The number of piperidine rings is 1. The number of carbonyl (C=O) groups excluding carboxylic acids is 1. The summed E-state index contributed by atoms with van der Waals surface area (Å²) in [6.45, 7) is 13.7. The highest BCUT2D eigenvalue weighted by molar-refractivity contribution is 8.93. The van der Waals surface area contributed by atoms with E-state index in [1.54, 1.807) is 0 Å². The number of esters is 1. The standard InChI is InChI=1S/C27H40N2O3.BrH/c1-6-11-28-15-21(27(30)32-17-19(5)31-12-7-2)13-23-22-9-8-10-24-26(22)20(14-25(23)28)16-29(24)18(3)4;/h8-10,16,18-19,21,23,25H,6-7,11-15,17H2,1-5H3;1H/t19?,21-,23?,25-;/m1./s1. The largest absolute Gasteiger partial charge is 0.463 e. The van der Waals surface area contributed by atoms with Gasteiger partial charge in [0.1, 0.15) is 6.61 Å². The van der Waals surface area contributed by atoms with Gasteiger partial charge in [0.15, 0.2) is 0 Å². The minimum atomic E-state index is -0.0786. The van der Waals surface area contributed by atoms with E-state index in [0.29, 0.717) is 31.2 Å². The topological polar surface area (TPSA) is 43.7 Å². The fourth-order valence-corrected chi connectivity index (χ4v) is 5.76. The van der Waals surface area contributed by atoms with Gasteiger partial charge in [0.05, 0.1) is 12.0 Å². The zero-order valence-corrected chi connectivity index (χ0v) is 22.6. The molecule has 6 heteroatoms. The third-order valence-electron chi connectivity index (χ3n) is 7.19. The predicted molar refractivity (Wildman–Crippen MR) is 140 cm³/mol. The molecular formula is C27H41BrN2O3. The first-order chi connectivity index (χ1) is 15.4. The second-order valence-corrected chi connectivity index (χ2v) is 10.0. The maximum Gasteiger partial charge on any atom is 0.310 e. The second-order valence-electron chi connectivity index (χ2n) is 10.0. The fraction of sp³-hybridized carbons (Fsp3) is 0.667. The van der Waals surface area contributed by atoms with E-state index in [4.69, 9.17) is 9.47 Å². The van der Waals surface area contributed by atoms with Crippen molar-refractivity contribution < 1.29 is 14.3 Å². The smallest absolute Gasteiger partial charge is 0.310 e. The van der Waals surface area contributed by atoms with Crippen molar-refractivity contribution in [2.75, 3.05) is 26.3 Å². The average Bonchev–Trinajstić information content (AvgIpc) is 3.16. The first kappa shape index (κ1) is 26.2. The molecule has 1 aromatic heterocycles. The number of hydrogen-bond donors (Lipinski definition) is 0.